The van der Waals surface area contributed by atoms with Crippen molar-refractivity contribution in [3.05, 3.63) is 46.3 Å². The van der Waals surface area contributed by atoms with Crippen LogP contribution in [0.2, 0.25) is 5.02 Å². The molecule has 0 saturated carbocycles. The van der Waals surface area contributed by atoms with Crippen LogP contribution in [0, 0.1) is 5.82 Å². The smallest absolute Gasteiger partial charge is 0.225 e. The summed E-state index contributed by atoms with van der Waals surface area (Å²) in [7, 11) is 0. The van der Waals surface area contributed by atoms with Crippen LogP contribution in [-0.2, 0) is 17.8 Å². The first kappa shape index (κ1) is 15.9. The van der Waals surface area contributed by atoms with E-state index in [1.807, 2.05) is 0 Å². The Hall–Kier alpha value is -1.99. The third-order valence-electron chi connectivity index (χ3n) is 3.87. The molecule has 2 aromatic rings. The van der Waals surface area contributed by atoms with Gasteiger partial charge in [-0.15, -0.1) is 0 Å². The number of rotatable bonds is 5. The molecule has 1 aliphatic rings. The summed E-state index contributed by atoms with van der Waals surface area (Å²) in [6.07, 6.45) is 0.880. The number of nitrogens with zero attached hydrogens (tertiary/aromatic N) is 3. The highest BCUT2D eigenvalue weighted by Gasteiger charge is 2.25. The molecule has 1 atom stereocenters. The minimum atomic E-state index is -0.498. The van der Waals surface area contributed by atoms with E-state index in [4.69, 9.17) is 17.3 Å². The first-order valence-electron chi connectivity index (χ1n) is 7.40. The van der Waals surface area contributed by atoms with Crippen molar-refractivity contribution in [1.82, 2.24) is 20.1 Å². The molecular formula is C15H17ClFN5O. The maximum Gasteiger partial charge on any atom is 0.225 e. The molecule has 0 bridgehead atoms. The van der Waals surface area contributed by atoms with Crippen molar-refractivity contribution in [3.8, 4) is 0 Å². The summed E-state index contributed by atoms with van der Waals surface area (Å²) in [5.41, 5.74) is 5.57. The van der Waals surface area contributed by atoms with Crippen LogP contribution in [0.5, 0.6) is 0 Å². The maximum absolute atomic E-state index is 14.0. The third kappa shape index (κ3) is 3.51. The van der Waals surface area contributed by atoms with Crippen molar-refractivity contribution >= 4 is 17.5 Å². The predicted octanol–water partition coefficient (Wildman–Crippen LogP) is 1.22. The third-order valence-corrected chi connectivity index (χ3v) is 4.23. The van der Waals surface area contributed by atoms with Gasteiger partial charge in [0, 0.05) is 23.0 Å². The summed E-state index contributed by atoms with van der Waals surface area (Å²) in [5, 5.41) is 7.93. The molecule has 1 fully saturated rings. The molecule has 1 aromatic heterocycles. The Labute approximate surface area is 137 Å². The van der Waals surface area contributed by atoms with Gasteiger partial charge in [0.05, 0.1) is 13.0 Å². The summed E-state index contributed by atoms with van der Waals surface area (Å²) in [6.45, 7) is 1.84. The number of carbonyl (C=O) groups is 1. The van der Waals surface area contributed by atoms with Crippen molar-refractivity contribution in [1.29, 1.82) is 0 Å². The maximum atomic E-state index is 14.0. The predicted molar refractivity (Wildman–Crippen MR) is 83.7 cm³/mol. The van der Waals surface area contributed by atoms with Crippen LogP contribution in [0.4, 0.5) is 4.39 Å². The number of nitrogens with one attached hydrogen (secondary N) is 1. The van der Waals surface area contributed by atoms with Crippen molar-refractivity contribution in [3.63, 3.8) is 0 Å². The van der Waals surface area contributed by atoms with Gasteiger partial charge >= 0.3 is 0 Å². The van der Waals surface area contributed by atoms with Gasteiger partial charge in [0.15, 0.2) is 5.82 Å². The standard InChI is InChI=1S/C15H17ClFN5O/c16-11-2-1-3-12(17)10(11)8-22-15(9-4-5-19-7-9)20-14(21-22)6-13(18)23/h1-3,9,19H,4-8H2,(H2,18,23). The molecule has 2 heterocycles. The van der Waals surface area contributed by atoms with E-state index in [0.29, 0.717) is 16.4 Å². The molecule has 1 amide bonds. The highest BCUT2D eigenvalue weighted by atomic mass is 35.5. The largest absolute Gasteiger partial charge is 0.369 e. The second-order valence-corrected chi connectivity index (χ2v) is 5.98. The number of halogens is 2. The number of aromatic nitrogens is 3. The van der Waals surface area contributed by atoms with Crippen LogP contribution in [0.3, 0.4) is 0 Å². The zero-order valence-corrected chi connectivity index (χ0v) is 13.2. The lowest BCUT2D eigenvalue weighted by molar-refractivity contribution is -0.117. The van der Waals surface area contributed by atoms with Crippen LogP contribution in [-0.4, -0.2) is 33.8 Å². The van der Waals surface area contributed by atoms with Gasteiger partial charge in [-0.2, -0.15) is 5.10 Å². The second-order valence-electron chi connectivity index (χ2n) is 5.58. The molecular weight excluding hydrogens is 321 g/mol. The molecule has 3 rings (SSSR count). The van der Waals surface area contributed by atoms with E-state index in [9.17, 15) is 9.18 Å². The van der Waals surface area contributed by atoms with E-state index >= 15 is 0 Å². The average molecular weight is 338 g/mol. The van der Waals surface area contributed by atoms with Crippen molar-refractivity contribution < 1.29 is 9.18 Å². The zero-order valence-electron chi connectivity index (χ0n) is 12.4. The van der Waals surface area contributed by atoms with Crippen LogP contribution in [0.15, 0.2) is 18.2 Å². The lowest BCUT2D eigenvalue weighted by Gasteiger charge is -2.12. The number of hydrogen-bond acceptors (Lipinski definition) is 4. The van der Waals surface area contributed by atoms with Gasteiger partial charge in [0.2, 0.25) is 5.91 Å². The van der Waals surface area contributed by atoms with Crippen molar-refractivity contribution in [2.24, 2.45) is 5.73 Å². The Balaban J connectivity index is 1.95. The van der Waals surface area contributed by atoms with Gasteiger partial charge < -0.3 is 11.1 Å². The lowest BCUT2D eigenvalue weighted by Crippen LogP contribution is -2.15. The normalized spacial score (nSPS) is 17.6. The van der Waals surface area contributed by atoms with E-state index in [1.54, 1.807) is 16.8 Å². The Morgan fingerprint density at radius 1 is 1.52 bits per heavy atom. The molecule has 0 spiro atoms. The minimum Gasteiger partial charge on any atom is -0.369 e. The molecule has 6 nitrogen and oxygen atoms in total. The van der Waals surface area contributed by atoms with Crippen LogP contribution < -0.4 is 11.1 Å². The van der Waals surface area contributed by atoms with E-state index in [-0.39, 0.29) is 24.7 Å². The summed E-state index contributed by atoms with van der Waals surface area (Å²) >= 11 is 6.09. The van der Waals surface area contributed by atoms with Crippen LogP contribution >= 0.6 is 11.6 Å². The van der Waals surface area contributed by atoms with Crippen molar-refractivity contribution in [2.75, 3.05) is 13.1 Å². The van der Waals surface area contributed by atoms with E-state index in [2.05, 4.69) is 15.4 Å². The number of amides is 1. The average Bonchev–Trinajstić information content (AvgIpc) is 3.11. The number of nitrogens with two attached hydrogens (primary N) is 1. The van der Waals surface area contributed by atoms with Gasteiger partial charge in [-0.1, -0.05) is 17.7 Å². The fourth-order valence-electron chi connectivity index (χ4n) is 2.76. The van der Waals surface area contributed by atoms with Gasteiger partial charge in [0.1, 0.15) is 11.6 Å². The molecule has 1 aliphatic heterocycles. The Bertz CT molecular complexity index is 706. The molecule has 0 aliphatic carbocycles. The molecule has 0 radical (unpaired) electrons. The summed E-state index contributed by atoms with van der Waals surface area (Å²) in [4.78, 5) is 15.5. The van der Waals surface area contributed by atoms with Gasteiger partial charge in [-0.05, 0) is 25.1 Å². The number of hydrogen-bond donors (Lipinski definition) is 2. The molecule has 1 saturated heterocycles. The van der Waals surface area contributed by atoms with Gasteiger partial charge in [-0.3, -0.25) is 4.79 Å². The first-order valence-corrected chi connectivity index (χ1v) is 7.78. The molecule has 3 N–H and O–H groups in total. The number of primary amides is 1. The first-order chi connectivity index (χ1) is 11.0. The molecule has 122 valence electrons. The SMILES string of the molecule is NC(=O)Cc1nc(C2CCNC2)n(Cc2c(F)cccc2Cl)n1. The molecule has 8 heteroatoms. The van der Waals surface area contributed by atoms with E-state index in [0.717, 1.165) is 25.3 Å². The topological polar surface area (TPSA) is 85.8 Å². The second kappa shape index (κ2) is 6.64. The zero-order chi connectivity index (χ0) is 16.4. The number of benzene rings is 1. The monoisotopic (exact) mass is 337 g/mol. The lowest BCUT2D eigenvalue weighted by atomic mass is 10.1. The molecule has 1 unspecified atom stereocenters. The van der Waals surface area contributed by atoms with Crippen LogP contribution in [0.25, 0.3) is 0 Å². The molecule has 23 heavy (non-hydrogen) atoms. The van der Waals surface area contributed by atoms with Crippen molar-refractivity contribution in [2.45, 2.75) is 25.3 Å². The number of carbonyl (C=O) groups excluding carboxylic acids is 1. The Kier molecular flexibility index (Phi) is 4.58. The highest BCUT2D eigenvalue weighted by molar-refractivity contribution is 6.31. The van der Waals surface area contributed by atoms with Gasteiger partial charge in [-0.25, -0.2) is 14.1 Å². The minimum absolute atomic E-state index is 0.0366. The summed E-state index contributed by atoms with van der Waals surface area (Å²) in [6, 6.07) is 4.56. The highest BCUT2D eigenvalue weighted by Crippen LogP contribution is 2.24. The van der Waals surface area contributed by atoms with E-state index < -0.39 is 5.91 Å². The molecule has 1 aromatic carbocycles. The summed E-state index contributed by atoms with van der Waals surface area (Å²) in [5.74, 6) is 0.370. The quantitative estimate of drug-likeness (QED) is 0.859. The van der Waals surface area contributed by atoms with Crippen LogP contribution in [0.1, 0.15) is 29.6 Å². The Morgan fingerprint density at radius 2 is 2.35 bits per heavy atom. The fraction of sp³-hybridized carbons (Fsp3) is 0.400. The fourth-order valence-corrected chi connectivity index (χ4v) is 2.98. The van der Waals surface area contributed by atoms with Gasteiger partial charge in [0.25, 0.3) is 0 Å². The Morgan fingerprint density at radius 3 is 3.00 bits per heavy atom. The van der Waals surface area contributed by atoms with E-state index in [1.165, 1.54) is 6.07 Å². The summed E-state index contributed by atoms with van der Waals surface area (Å²) < 4.78 is 15.7.